The highest BCUT2D eigenvalue weighted by atomic mass is 14.5. The van der Waals surface area contributed by atoms with Crippen molar-refractivity contribution in [2.75, 3.05) is 0 Å². The van der Waals surface area contributed by atoms with Crippen molar-refractivity contribution in [3.05, 3.63) is 129 Å². The van der Waals surface area contributed by atoms with Crippen LogP contribution < -0.4 is 0 Å². The first-order valence-corrected chi connectivity index (χ1v) is 12.3. The molecule has 4 aromatic rings. The molecule has 0 nitrogen and oxygen atoms in total. The molecule has 0 amide bonds. The van der Waals surface area contributed by atoms with Gasteiger partial charge in [0.05, 0.1) is 5.41 Å². The molecule has 0 atom stereocenters. The van der Waals surface area contributed by atoms with Gasteiger partial charge in [-0.25, -0.2) is 0 Å². The Bertz CT molecular complexity index is 1200. The smallest absolute Gasteiger partial charge is 0.0587 e. The minimum absolute atomic E-state index is 0.312. The number of benzene rings is 4. The van der Waals surface area contributed by atoms with E-state index in [0.29, 0.717) is 11.8 Å². The van der Waals surface area contributed by atoms with Gasteiger partial charge in [-0.15, -0.1) is 0 Å². The monoisotopic (exact) mass is 430 g/mol. The molecule has 0 aliphatic heterocycles. The molecule has 4 aromatic carbocycles. The van der Waals surface area contributed by atoms with Crippen molar-refractivity contribution in [2.45, 2.75) is 58.8 Å². The van der Waals surface area contributed by atoms with Gasteiger partial charge in [0.25, 0.3) is 0 Å². The summed E-state index contributed by atoms with van der Waals surface area (Å²) in [5.41, 5.74) is 13.3. The summed E-state index contributed by atoms with van der Waals surface area (Å²) in [6.45, 7) is 13.5. The van der Waals surface area contributed by atoms with Gasteiger partial charge in [-0.05, 0) is 70.2 Å². The summed E-state index contributed by atoms with van der Waals surface area (Å²) >= 11 is 0. The van der Waals surface area contributed by atoms with E-state index in [9.17, 15) is 0 Å². The Kier molecular flexibility index (Phi) is 5.28. The van der Waals surface area contributed by atoms with Gasteiger partial charge in [-0.1, -0.05) is 124 Å². The maximum absolute atomic E-state index is 2.41. The van der Waals surface area contributed by atoms with E-state index in [-0.39, 0.29) is 5.41 Å². The summed E-state index contributed by atoms with van der Waals surface area (Å²) in [6, 6.07) is 32.8. The molecule has 0 heterocycles. The molecule has 166 valence electrons. The Balaban J connectivity index is 1.88. The van der Waals surface area contributed by atoms with Crippen LogP contribution in [-0.4, -0.2) is 0 Å². The predicted octanol–water partition coefficient (Wildman–Crippen LogP) is 8.91. The highest BCUT2D eigenvalue weighted by Gasteiger charge is 2.46. The zero-order valence-electron chi connectivity index (χ0n) is 20.7. The normalized spacial score (nSPS) is 13.9. The molecule has 0 fully saturated rings. The van der Waals surface area contributed by atoms with Gasteiger partial charge in [0, 0.05) is 0 Å². The lowest BCUT2D eigenvalue weighted by Gasteiger charge is -2.34. The van der Waals surface area contributed by atoms with E-state index in [1.54, 1.807) is 0 Å². The summed E-state index contributed by atoms with van der Waals surface area (Å²) < 4.78 is 0. The molecule has 1 aliphatic carbocycles. The van der Waals surface area contributed by atoms with E-state index in [2.05, 4.69) is 126 Å². The Morgan fingerprint density at radius 1 is 0.485 bits per heavy atom. The molecule has 0 aromatic heterocycles. The minimum atomic E-state index is -0.312. The molecule has 33 heavy (non-hydrogen) atoms. The van der Waals surface area contributed by atoms with Gasteiger partial charge < -0.3 is 0 Å². The quantitative estimate of drug-likeness (QED) is 0.267. The average molecular weight is 431 g/mol. The SMILES string of the molecule is Cc1ccc2c(c1)C(c1ccc(C(C)C)cc1)(c1ccc(C(C)C)cc1)c1cc(C)ccc1-2. The first-order valence-electron chi connectivity index (χ1n) is 12.3. The fourth-order valence-corrected chi connectivity index (χ4v) is 5.58. The number of rotatable bonds is 4. The average Bonchev–Trinajstić information content (AvgIpc) is 3.08. The van der Waals surface area contributed by atoms with Gasteiger partial charge in [-0.3, -0.25) is 0 Å². The van der Waals surface area contributed by atoms with Crippen LogP contribution in [0, 0.1) is 13.8 Å². The molecule has 0 saturated carbocycles. The van der Waals surface area contributed by atoms with Crippen LogP contribution in [0.3, 0.4) is 0 Å². The highest BCUT2D eigenvalue weighted by molar-refractivity contribution is 5.86. The molecular weight excluding hydrogens is 396 g/mol. The third kappa shape index (κ3) is 3.35. The maximum atomic E-state index is 2.41. The Labute approximate surface area is 199 Å². The first-order chi connectivity index (χ1) is 15.8. The largest absolute Gasteiger partial charge is 0.0713 e. The Hall–Kier alpha value is -3.12. The van der Waals surface area contributed by atoms with Crippen molar-refractivity contribution in [3.8, 4) is 11.1 Å². The summed E-state index contributed by atoms with van der Waals surface area (Å²) in [5, 5.41) is 0. The van der Waals surface area contributed by atoms with Gasteiger partial charge in [-0.2, -0.15) is 0 Å². The third-order valence-corrected chi connectivity index (χ3v) is 7.47. The second-order valence-electron chi connectivity index (χ2n) is 10.4. The Morgan fingerprint density at radius 3 is 1.18 bits per heavy atom. The van der Waals surface area contributed by atoms with Crippen molar-refractivity contribution in [3.63, 3.8) is 0 Å². The van der Waals surface area contributed by atoms with Crippen LogP contribution in [0.15, 0.2) is 84.9 Å². The zero-order chi connectivity index (χ0) is 23.3. The van der Waals surface area contributed by atoms with Crippen LogP contribution in [-0.2, 0) is 5.41 Å². The molecule has 0 saturated heterocycles. The fraction of sp³-hybridized carbons (Fsp3) is 0.273. The van der Waals surface area contributed by atoms with Crippen LogP contribution in [0.25, 0.3) is 11.1 Å². The van der Waals surface area contributed by atoms with E-state index in [0.717, 1.165) is 0 Å². The number of aryl methyl sites for hydroxylation is 2. The summed E-state index contributed by atoms with van der Waals surface area (Å²) in [7, 11) is 0. The van der Waals surface area contributed by atoms with Crippen LogP contribution in [0.2, 0.25) is 0 Å². The first kappa shape index (κ1) is 21.7. The lowest BCUT2D eigenvalue weighted by molar-refractivity contribution is 0.760. The second kappa shape index (κ2) is 8.03. The van der Waals surface area contributed by atoms with Crippen LogP contribution in [0.1, 0.15) is 84.0 Å². The number of hydrogen-bond acceptors (Lipinski definition) is 0. The van der Waals surface area contributed by atoms with Crippen molar-refractivity contribution in [1.29, 1.82) is 0 Å². The molecule has 0 spiro atoms. The van der Waals surface area contributed by atoms with Gasteiger partial charge in [0.2, 0.25) is 0 Å². The summed E-state index contributed by atoms with van der Waals surface area (Å²) in [4.78, 5) is 0. The van der Waals surface area contributed by atoms with E-state index in [4.69, 9.17) is 0 Å². The minimum Gasteiger partial charge on any atom is -0.0587 e. The molecular formula is C33H34. The molecule has 0 heteroatoms. The summed E-state index contributed by atoms with van der Waals surface area (Å²) in [5.74, 6) is 1.04. The maximum Gasteiger partial charge on any atom is 0.0713 e. The molecule has 0 bridgehead atoms. The van der Waals surface area contributed by atoms with E-state index < -0.39 is 0 Å². The Morgan fingerprint density at radius 2 is 0.848 bits per heavy atom. The molecule has 1 aliphatic rings. The zero-order valence-corrected chi connectivity index (χ0v) is 20.7. The predicted molar refractivity (Wildman–Crippen MR) is 141 cm³/mol. The molecule has 0 radical (unpaired) electrons. The van der Waals surface area contributed by atoms with Crippen molar-refractivity contribution in [1.82, 2.24) is 0 Å². The van der Waals surface area contributed by atoms with Crippen LogP contribution in [0.4, 0.5) is 0 Å². The lowest BCUT2D eigenvalue weighted by atomic mass is 9.67. The topological polar surface area (TPSA) is 0 Å². The number of hydrogen-bond donors (Lipinski definition) is 0. The fourth-order valence-electron chi connectivity index (χ4n) is 5.58. The molecule has 0 unspecified atom stereocenters. The molecule has 0 N–H and O–H groups in total. The van der Waals surface area contributed by atoms with Gasteiger partial charge >= 0.3 is 0 Å². The van der Waals surface area contributed by atoms with E-state index in [1.165, 1.54) is 55.6 Å². The second-order valence-corrected chi connectivity index (χ2v) is 10.4. The van der Waals surface area contributed by atoms with Crippen LogP contribution >= 0.6 is 0 Å². The van der Waals surface area contributed by atoms with Gasteiger partial charge in [0.1, 0.15) is 0 Å². The van der Waals surface area contributed by atoms with E-state index in [1.807, 2.05) is 0 Å². The standard InChI is InChI=1S/C33H34/c1-21(2)25-9-13-27(14-10-25)33(28-15-11-26(12-16-28)22(3)4)31-19-23(5)7-17-29(31)30-18-8-24(6)20-32(30)33/h7-22H,1-6H3. The van der Waals surface area contributed by atoms with Crippen LogP contribution in [0.5, 0.6) is 0 Å². The highest BCUT2D eigenvalue weighted by Crippen LogP contribution is 2.56. The van der Waals surface area contributed by atoms with Crippen molar-refractivity contribution in [2.24, 2.45) is 0 Å². The van der Waals surface area contributed by atoms with E-state index >= 15 is 0 Å². The summed E-state index contributed by atoms with van der Waals surface area (Å²) in [6.07, 6.45) is 0. The van der Waals surface area contributed by atoms with Gasteiger partial charge in [0.15, 0.2) is 0 Å². The van der Waals surface area contributed by atoms with Crippen molar-refractivity contribution < 1.29 is 0 Å². The number of fused-ring (bicyclic) bond motifs is 3. The third-order valence-electron chi connectivity index (χ3n) is 7.47. The van der Waals surface area contributed by atoms with Crippen molar-refractivity contribution >= 4 is 0 Å². The molecule has 5 rings (SSSR count). The lowest BCUT2D eigenvalue weighted by Crippen LogP contribution is -2.29.